The van der Waals surface area contributed by atoms with Crippen LogP contribution < -0.4 is 5.32 Å². The van der Waals surface area contributed by atoms with E-state index in [1.807, 2.05) is 0 Å². The minimum atomic E-state index is -3.29. The number of hydrogen-bond acceptors (Lipinski definition) is 5. The summed E-state index contributed by atoms with van der Waals surface area (Å²) in [5, 5.41) is 3.17. The highest BCUT2D eigenvalue weighted by molar-refractivity contribution is 7.92. The zero-order valence-electron chi connectivity index (χ0n) is 9.27. The molecule has 0 radical (unpaired) electrons. The molecule has 96 valence electrons. The number of sulfone groups is 1. The van der Waals surface area contributed by atoms with Crippen LogP contribution in [-0.4, -0.2) is 46.1 Å². The summed E-state index contributed by atoms with van der Waals surface area (Å²) < 4.78 is 27.4. The van der Waals surface area contributed by atoms with Crippen molar-refractivity contribution in [1.29, 1.82) is 0 Å². The number of rotatable bonds is 4. The molecule has 0 bridgehead atoms. The molecule has 7 heteroatoms. The highest BCUT2D eigenvalue weighted by atomic mass is 35.5. The molecule has 1 fully saturated rings. The first kappa shape index (κ1) is 15.7. The van der Waals surface area contributed by atoms with E-state index in [1.165, 1.54) is 7.11 Å². The molecule has 1 aliphatic rings. The van der Waals surface area contributed by atoms with E-state index in [0.717, 1.165) is 25.9 Å². The third-order valence-corrected chi connectivity index (χ3v) is 4.17. The van der Waals surface area contributed by atoms with E-state index in [4.69, 9.17) is 0 Å². The third kappa shape index (κ3) is 5.67. The molecule has 1 heterocycles. The lowest BCUT2D eigenvalue weighted by Crippen LogP contribution is -2.33. The first-order valence-corrected chi connectivity index (χ1v) is 6.83. The zero-order valence-corrected chi connectivity index (χ0v) is 10.9. The molecule has 0 atom stereocenters. The van der Waals surface area contributed by atoms with E-state index in [0.29, 0.717) is 0 Å². The molecule has 1 N–H and O–H groups in total. The lowest BCUT2D eigenvalue weighted by molar-refractivity contribution is -0.137. The van der Waals surface area contributed by atoms with Gasteiger partial charge in [-0.2, -0.15) is 0 Å². The number of halogens is 1. The second-order valence-corrected chi connectivity index (χ2v) is 5.93. The topological polar surface area (TPSA) is 72.5 Å². The highest BCUT2D eigenvalue weighted by Crippen LogP contribution is 2.14. The van der Waals surface area contributed by atoms with Gasteiger partial charge in [0.25, 0.3) is 0 Å². The standard InChI is InChI=1S/C9H17NO4S.ClH/c1-14-9(11)7-15(12,13)6-8-2-4-10-5-3-8;/h8,10H,2-7H2,1H3;1H. The van der Waals surface area contributed by atoms with Crippen LogP contribution in [0.5, 0.6) is 0 Å². The molecule has 0 aromatic rings. The monoisotopic (exact) mass is 271 g/mol. The van der Waals surface area contributed by atoms with E-state index in [9.17, 15) is 13.2 Å². The van der Waals surface area contributed by atoms with Crippen LogP contribution in [0.3, 0.4) is 0 Å². The first-order valence-electron chi connectivity index (χ1n) is 5.01. The summed E-state index contributed by atoms with van der Waals surface area (Å²) in [6.07, 6.45) is 1.72. The molecule has 0 saturated carbocycles. The number of nitrogens with one attached hydrogen (secondary N) is 1. The molecule has 1 saturated heterocycles. The molecular weight excluding hydrogens is 254 g/mol. The summed E-state index contributed by atoms with van der Waals surface area (Å²) >= 11 is 0. The van der Waals surface area contributed by atoms with Gasteiger partial charge in [0.05, 0.1) is 12.9 Å². The molecule has 0 unspecified atom stereocenters. The Hall–Kier alpha value is -0.330. The predicted octanol–water partition coefficient (Wildman–Crippen LogP) is -0.00440. The largest absolute Gasteiger partial charge is 0.468 e. The van der Waals surface area contributed by atoms with Crippen molar-refractivity contribution in [2.24, 2.45) is 5.92 Å². The van der Waals surface area contributed by atoms with Gasteiger partial charge < -0.3 is 10.1 Å². The Morgan fingerprint density at radius 1 is 1.38 bits per heavy atom. The number of hydrogen-bond donors (Lipinski definition) is 1. The molecule has 1 aliphatic heterocycles. The minimum absolute atomic E-state index is 0. The Bertz CT molecular complexity index is 311. The lowest BCUT2D eigenvalue weighted by Gasteiger charge is -2.21. The number of methoxy groups -OCH3 is 1. The molecule has 5 nitrogen and oxygen atoms in total. The normalized spacial score (nSPS) is 17.6. The van der Waals surface area contributed by atoms with Crippen molar-refractivity contribution in [2.45, 2.75) is 12.8 Å². The molecule has 0 aromatic carbocycles. The van der Waals surface area contributed by atoms with Crippen LogP contribution in [0, 0.1) is 5.92 Å². The van der Waals surface area contributed by atoms with Gasteiger partial charge in [-0.1, -0.05) is 0 Å². The Labute approximate surface area is 102 Å². The van der Waals surface area contributed by atoms with Gasteiger partial charge >= 0.3 is 5.97 Å². The third-order valence-electron chi connectivity index (χ3n) is 2.51. The van der Waals surface area contributed by atoms with Crippen LogP contribution in [0.4, 0.5) is 0 Å². The smallest absolute Gasteiger partial charge is 0.320 e. The fourth-order valence-corrected chi connectivity index (χ4v) is 3.35. The molecule has 0 spiro atoms. The van der Waals surface area contributed by atoms with Crippen molar-refractivity contribution < 1.29 is 17.9 Å². The van der Waals surface area contributed by atoms with Crippen LogP contribution in [0.25, 0.3) is 0 Å². The van der Waals surface area contributed by atoms with Gasteiger partial charge in [0.15, 0.2) is 9.84 Å². The zero-order chi connectivity index (χ0) is 11.3. The number of carbonyl (C=O) groups is 1. The summed E-state index contributed by atoms with van der Waals surface area (Å²) in [6, 6.07) is 0. The Morgan fingerprint density at radius 2 is 1.94 bits per heavy atom. The van der Waals surface area contributed by atoms with Crippen molar-refractivity contribution in [2.75, 3.05) is 31.7 Å². The van der Waals surface area contributed by atoms with Gasteiger partial charge in [-0.25, -0.2) is 8.42 Å². The fourth-order valence-electron chi connectivity index (χ4n) is 1.70. The molecule has 0 aromatic heterocycles. The average molecular weight is 272 g/mol. The minimum Gasteiger partial charge on any atom is -0.468 e. The maximum absolute atomic E-state index is 11.5. The van der Waals surface area contributed by atoms with Gasteiger partial charge in [-0.15, -0.1) is 12.4 Å². The SMILES string of the molecule is COC(=O)CS(=O)(=O)CC1CCNCC1.Cl. The van der Waals surface area contributed by atoms with Crippen LogP contribution in [-0.2, 0) is 19.4 Å². The first-order chi connectivity index (χ1) is 7.03. The van der Waals surface area contributed by atoms with E-state index < -0.39 is 21.6 Å². The van der Waals surface area contributed by atoms with Crippen LogP contribution in [0.2, 0.25) is 0 Å². The summed E-state index contributed by atoms with van der Waals surface area (Å²) in [5.74, 6) is -0.887. The summed E-state index contributed by atoms with van der Waals surface area (Å²) in [5.41, 5.74) is 0. The molecule has 0 amide bonds. The van der Waals surface area contributed by atoms with Crippen molar-refractivity contribution in [1.82, 2.24) is 5.32 Å². The van der Waals surface area contributed by atoms with Gasteiger partial charge in [0.1, 0.15) is 5.75 Å². The van der Waals surface area contributed by atoms with E-state index in [1.54, 1.807) is 0 Å². The second-order valence-electron chi connectivity index (χ2n) is 3.82. The second kappa shape index (κ2) is 7.09. The van der Waals surface area contributed by atoms with Crippen molar-refractivity contribution in [3.8, 4) is 0 Å². The molecule has 0 aliphatic carbocycles. The van der Waals surface area contributed by atoms with Gasteiger partial charge in [-0.05, 0) is 31.8 Å². The van der Waals surface area contributed by atoms with E-state index >= 15 is 0 Å². The maximum atomic E-state index is 11.5. The number of ether oxygens (including phenoxy) is 1. The maximum Gasteiger partial charge on any atom is 0.320 e. The van der Waals surface area contributed by atoms with Crippen molar-refractivity contribution >= 4 is 28.2 Å². The molecular formula is C9H18ClNO4S. The van der Waals surface area contributed by atoms with Gasteiger partial charge in [0, 0.05) is 0 Å². The predicted molar refractivity (Wildman–Crippen MR) is 63.5 cm³/mol. The summed E-state index contributed by atoms with van der Waals surface area (Å²) in [4.78, 5) is 10.9. The van der Waals surface area contributed by atoms with Crippen LogP contribution >= 0.6 is 12.4 Å². The average Bonchev–Trinajstić information content (AvgIpc) is 2.17. The summed E-state index contributed by atoms with van der Waals surface area (Å²) in [7, 11) is -2.10. The van der Waals surface area contributed by atoms with Crippen LogP contribution in [0.1, 0.15) is 12.8 Å². The van der Waals surface area contributed by atoms with Gasteiger partial charge in [-0.3, -0.25) is 4.79 Å². The number of esters is 1. The Morgan fingerprint density at radius 3 is 2.44 bits per heavy atom. The van der Waals surface area contributed by atoms with Crippen molar-refractivity contribution in [3.05, 3.63) is 0 Å². The Kier molecular flexibility index (Phi) is 6.94. The highest BCUT2D eigenvalue weighted by Gasteiger charge is 2.23. The van der Waals surface area contributed by atoms with E-state index in [2.05, 4.69) is 10.1 Å². The van der Waals surface area contributed by atoms with E-state index in [-0.39, 0.29) is 24.1 Å². The molecule has 16 heavy (non-hydrogen) atoms. The Balaban J connectivity index is 0.00000225. The lowest BCUT2D eigenvalue weighted by atomic mass is 10.0. The van der Waals surface area contributed by atoms with Crippen molar-refractivity contribution in [3.63, 3.8) is 0 Å². The summed E-state index contributed by atoms with van der Waals surface area (Å²) in [6.45, 7) is 1.72. The number of carbonyl (C=O) groups excluding carboxylic acids is 1. The quantitative estimate of drug-likeness (QED) is 0.729. The van der Waals surface area contributed by atoms with Crippen LogP contribution in [0.15, 0.2) is 0 Å². The molecule has 1 rings (SSSR count). The fraction of sp³-hybridized carbons (Fsp3) is 0.889. The van der Waals surface area contributed by atoms with Gasteiger partial charge in [0.2, 0.25) is 0 Å². The number of piperidine rings is 1.